The van der Waals surface area contributed by atoms with Crippen molar-refractivity contribution in [3.8, 4) is 11.3 Å². The number of aryl methyl sites for hydroxylation is 1. The molecule has 28 heavy (non-hydrogen) atoms. The Morgan fingerprint density at radius 3 is 2.93 bits per heavy atom. The number of rotatable bonds is 5. The van der Waals surface area contributed by atoms with Crippen LogP contribution in [0.15, 0.2) is 58.3 Å². The summed E-state index contributed by atoms with van der Waals surface area (Å²) in [6.45, 7) is 5.35. The highest BCUT2D eigenvalue weighted by atomic mass is 16.5. The summed E-state index contributed by atoms with van der Waals surface area (Å²) in [5.41, 5.74) is 3.15. The highest BCUT2D eigenvalue weighted by molar-refractivity contribution is 5.80. The monoisotopic (exact) mass is 378 g/mol. The maximum absolute atomic E-state index is 5.48. The molecule has 0 amide bonds. The van der Waals surface area contributed by atoms with E-state index in [1.165, 1.54) is 5.56 Å². The number of aromatic nitrogens is 3. The van der Waals surface area contributed by atoms with Gasteiger partial charge in [-0.2, -0.15) is 5.10 Å². The van der Waals surface area contributed by atoms with Crippen molar-refractivity contribution in [3.05, 3.63) is 60.0 Å². The molecule has 1 aliphatic rings. The van der Waals surface area contributed by atoms with Gasteiger partial charge in [0, 0.05) is 50.4 Å². The van der Waals surface area contributed by atoms with Gasteiger partial charge in [0.05, 0.1) is 12.7 Å². The summed E-state index contributed by atoms with van der Waals surface area (Å²) in [5.74, 6) is 2.20. The number of hydrogen-bond donors (Lipinski definition) is 1. The molecule has 3 aromatic rings. The minimum atomic E-state index is 0.493. The molecule has 1 fully saturated rings. The first-order valence-electron chi connectivity index (χ1n) is 9.75. The minimum absolute atomic E-state index is 0.493. The summed E-state index contributed by atoms with van der Waals surface area (Å²) in [6.07, 6.45) is 5.19. The molecular formula is C21H26N6O. The van der Waals surface area contributed by atoms with Crippen molar-refractivity contribution in [2.45, 2.75) is 25.8 Å². The molecule has 4 rings (SSSR count). The van der Waals surface area contributed by atoms with E-state index in [1.807, 2.05) is 54.3 Å². The summed E-state index contributed by atoms with van der Waals surface area (Å²) < 4.78 is 7.35. The zero-order valence-electron chi connectivity index (χ0n) is 16.4. The van der Waals surface area contributed by atoms with Crippen LogP contribution >= 0.6 is 0 Å². The van der Waals surface area contributed by atoms with Crippen LogP contribution in [0.5, 0.6) is 0 Å². The Balaban J connectivity index is 1.43. The Morgan fingerprint density at radius 1 is 1.32 bits per heavy atom. The van der Waals surface area contributed by atoms with E-state index >= 15 is 0 Å². The van der Waals surface area contributed by atoms with Crippen molar-refractivity contribution in [2.24, 2.45) is 12.0 Å². The van der Waals surface area contributed by atoms with Gasteiger partial charge in [0.25, 0.3) is 0 Å². The predicted molar refractivity (Wildman–Crippen MR) is 109 cm³/mol. The summed E-state index contributed by atoms with van der Waals surface area (Å²) in [5, 5.41) is 11.9. The number of likely N-dealkylation sites (tertiary alicyclic amines) is 1. The van der Waals surface area contributed by atoms with Gasteiger partial charge in [-0.3, -0.25) is 4.68 Å². The maximum atomic E-state index is 5.48. The molecule has 1 atom stereocenters. The van der Waals surface area contributed by atoms with Crippen LogP contribution in [0.2, 0.25) is 0 Å². The fraction of sp³-hybridized carbons (Fsp3) is 0.381. The standard InChI is InChI=1S/C21H26N6O/c1-3-22-21(27-10-9-17(15-27)18-12-24-26(2)14-18)23-13-19-11-20(28-25-19)16-7-5-4-6-8-16/h4-8,11-12,14,17H,3,9-10,13,15H2,1-2H3,(H,22,23). The molecule has 0 saturated carbocycles. The third kappa shape index (κ3) is 4.08. The lowest BCUT2D eigenvalue weighted by Crippen LogP contribution is -2.40. The summed E-state index contributed by atoms with van der Waals surface area (Å²) in [7, 11) is 1.96. The molecule has 0 radical (unpaired) electrons. The fourth-order valence-electron chi connectivity index (χ4n) is 3.58. The molecular weight excluding hydrogens is 352 g/mol. The van der Waals surface area contributed by atoms with E-state index in [1.54, 1.807) is 0 Å². The first-order valence-corrected chi connectivity index (χ1v) is 9.75. The number of aliphatic imine (C=N–C) groups is 1. The van der Waals surface area contributed by atoms with Gasteiger partial charge in [-0.05, 0) is 18.9 Å². The molecule has 3 heterocycles. The van der Waals surface area contributed by atoms with Crippen LogP contribution in [0.25, 0.3) is 11.3 Å². The van der Waals surface area contributed by atoms with Gasteiger partial charge < -0.3 is 14.7 Å². The van der Waals surface area contributed by atoms with Crippen LogP contribution < -0.4 is 5.32 Å². The Hall–Kier alpha value is -3.09. The van der Waals surface area contributed by atoms with Crippen molar-refractivity contribution < 1.29 is 4.52 Å². The quantitative estimate of drug-likeness (QED) is 0.546. The van der Waals surface area contributed by atoms with Crippen LogP contribution in [0.1, 0.15) is 30.5 Å². The molecule has 1 aromatic carbocycles. The van der Waals surface area contributed by atoms with Crippen molar-refractivity contribution >= 4 is 5.96 Å². The van der Waals surface area contributed by atoms with Gasteiger partial charge in [0.15, 0.2) is 11.7 Å². The van der Waals surface area contributed by atoms with Gasteiger partial charge in [-0.25, -0.2) is 4.99 Å². The fourth-order valence-corrected chi connectivity index (χ4v) is 3.58. The molecule has 1 saturated heterocycles. The molecule has 0 aliphatic carbocycles. The van der Waals surface area contributed by atoms with E-state index < -0.39 is 0 Å². The van der Waals surface area contributed by atoms with E-state index in [2.05, 4.69) is 33.6 Å². The second kappa shape index (κ2) is 8.29. The molecule has 0 bridgehead atoms. The van der Waals surface area contributed by atoms with Crippen molar-refractivity contribution in [1.82, 2.24) is 25.2 Å². The summed E-state index contributed by atoms with van der Waals surface area (Å²) in [6, 6.07) is 12.0. The van der Waals surface area contributed by atoms with E-state index in [9.17, 15) is 0 Å². The number of nitrogens with one attached hydrogen (secondary N) is 1. The third-order valence-electron chi connectivity index (χ3n) is 5.03. The van der Waals surface area contributed by atoms with E-state index in [0.717, 1.165) is 49.0 Å². The van der Waals surface area contributed by atoms with E-state index in [4.69, 9.17) is 9.52 Å². The minimum Gasteiger partial charge on any atom is -0.357 e. The Morgan fingerprint density at radius 2 is 2.18 bits per heavy atom. The number of guanidine groups is 1. The highest BCUT2D eigenvalue weighted by Crippen LogP contribution is 2.27. The zero-order chi connectivity index (χ0) is 19.3. The van der Waals surface area contributed by atoms with Crippen molar-refractivity contribution in [1.29, 1.82) is 0 Å². The highest BCUT2D eigenvalue weighted by Gasteiger charge is 2.26. The average Bonchev–Trinajstić information content (AvgIpc) is 3.46. The molecule has 7 nitrogen and oxygen atoms in total. The van der Waals surface area contributed by atoms with Crippen LogP contribution in [-0.2, 0) is 13.6 Å². The summed E-state index contributed by atoms with van der Waals surface area (Å²) in [4.78, 5) is 7.11. The normalized spacial score (nSPS) is 17.3. The Labute approximate surface area is 165 Å². The van der Waals surface area contributed by atoms with Crippen molar-refractivity contribution in [3.63, 3.8) is 0 Å². The summed E-state index contributed by atoms with van der Waals surface area (Å²) >= 11 is 0. The van der Waals surface area contributed by atoms with Gasteiger partial charge in [0.1, 0.15) is 5.69 Å². The average molecular weight is 378 g/mol. The zero-order valence-corrected chi connectivity index (χ0v) is 16.4. The van der Waals surface area contributed by atoms with Gasteiger partial charge in [-0.15, -0.1) is 0 Å². The lowest BCUT2D eigenvalue weighted by Gasteiger charge is -2.21. The SMILES string of the molecule is CCNC(=NCc1cc(-c2ccccc2)on1)N1CCC(c2cnn(C)c2)C1. The van der Waals surface area contributed by atoms with Crippen LogP contribution in [-0.4, -0.2) is 45.4 Å². The second-order valence-electron chi connectivity index (χ2n) is 7.10. The first-order chi connectivity index (χ1) is 13.7. The largest absolute Gasteiger partial charge is 0.357 e. The molecule has 1 unspecified atom stereocenters. The van der Waals surface area contributed by atoms with E-state index in [-0.39, 0.29) is 0 Å². The van der Waals surface area contributed by atoms with Gasteiger partial charge in [-0.1, -0.05) is 35.5 Å². The Kier molecular flexibility index (Phi) is 5.41. The van der Waals surface area contributed by atoms with Crippen LogP contribution in [0, 0.1) is 0 Å². The van der Waals surface area contributed by atoms with Crippen LogP contribution in [0.3, 0.4) is 0 Å². The molecule has 146 valence electrons. The van der Waals surface area contributed by atoms with Crippen molar-refractivity contribution in [2.75, 3.05) is 19.6 Å². The topological polar surface area (TPSA) is 71.5 Å². The number of nitrogens with zero attached hydrogens (tertiary/aromatic N) is 5. The lowest BCUT2D eigenvalue weighted by molar-refractivity contribution is 0.423. The molecule has 0 spiro atoms. The van der Waals surface area contributed by atoms with Crippen LogP contribution in [0.4, 0.5) is 0 Å². The Bertz CT molecular complexity index is 929. The van der Waals surface area contributed by atoms with Gasteiger partial charge >= 0.3 is 0 Å². The number of hydrogen-bond acceptors (Lipinski definition) is 4. The number of benzene rings is 1. The predicted octanol–water partition coefficient (Wildman–Crippen LogP) is 3.03. The molecule has 1 aliphatic heterocycles. The molecule has 1 N–H and O–H groups in total. The second-order valence-corrected chi connectivity index (χ2v) is 7.10. The molecule has 7 heteroatoms. The smallest absolute Gasteiger partial charge is 0.194 e. The third-order valence-corrected chi connectivity index (χ3v) is 5.03. The lowest BCUT2D eigenvalue weighted by atomic mass is 10.0. The van der Waals surface area contributed by atoms with E-state index in [0.29, 0.717) is 12.5 Å². The van der Waals surface area contributed by atoms with Gasteiger partial charge in [0.2, 0.25) is 0 Å². The first kappa shape index (κ1) is 18.3. The maximum Gasteiger partial charge on any atom is 0.194 e. The molecule has 2 aromatic heterocycles.